The fraction of sp³-hybridized carbons (Fsp3) is 0.0769. The fourth-order valence-electron chi connectivity index (χ4n) is 1.64. The normalized spacial score (nSPS) is 10.4. The summed E-state index contributed by atoms with van der Waals surface area (Å²) < 4.78 is 31.8. The first kappa shape index (κ1) is 14.8. The number of ether oxygens (including phenoxy) is 1. The summed E-state index contributed by atoms with van der Waals surface area (Å²) in [5.74, 6) is -0.992. The van der Waals surface area contributed by atoms with Crippen LogP contribution in [0.4, 0.5) is 8.78 Å². The van der Waals surface area contributed by atoms with Gasteiger partial charge in [-0.25, -0.2) is 8.78 Å². The molecular weight excluding hydrogens is 288 g/mol. The highest BCUT2D eigenvalue weighted by atomic mass is 35.5. The van der Waals surface area contributed by atoms with Crippen molar-refractivity contribution >= 4 is 24.2 Å². The lowest BCUT2D eigenvalue weighted by atomic mass is 9.79. The van der Waals surface area contributed by atoms with Gasteiger partial charge < -0.3 is 14.8 Å². The van der Waals surface area contributed by atoms with Gasteiger partial charge in [0.25, 0.3) is 0 Å². The van der Waals surface area contributed by atoms with Crippen molar-refractivity contribution in [3.63, 3.8) is 0 Å². The van der Waals surface area contributed by atoms with Crippen LogP contribution in [-0.2, 0) is 6.61 Å². The van der Waals surface area contributed by atoms with Crippen molar-refractivity contribution in [2.45, 2.75) is 6.61 Å². The van der Waals surface area contributed by atoms with Crippen LogP contribution in [0.2, 0.25) is 5.02 Å². The summed E-state index contributed by atoms with van der Waals surface area (Å²) in [5, 5.41) is 18.0. The molecule has 0 aliphatic carbocycles. The Hall–Kier alpha value is -1.63. The quantitative estimate of drug-likeness (QED) is 0.847. The molecule has 0 aromatic heterocycles. The van der Waals surface area contributed by atoms with E-state index < -0.39 is 18.8 Å². The van der Waals surface area contributed by atoms with E-state index in [1.165, 1.54) is 24.3 Å². The molecule has 0 atom stereocenters. The third kappa shape index (κ3) is 3.69. The molecule has 7 heteroatoms. The summed E-state index contributed by atoms with van der Waals surface area (Å²) in [6.45, 7) is -0.0431. The fourth-order valence-corrected chi connectivity index (χ4v) is 1.76. The molecule has 3 nitrogen and oxygen atoms in total. The number of hydrogen-bond donors (Lipinski definition) is 2. The minimum Gasteiger partial charge on any atom is -0.489 e. The third-order valence-electron chi connectivity index (χ3n) is 2.57. The molecule has 2 aromatic carbocycles. The molecule has 2 aromatic rings. The minimum absolute atomic E-state index is 0.0193. The predicted molar refractivity (Wildman–Crippen MR) is 72.0 cm³/mol. The Balaban J connectivity index is 2.12. The molecule has 0 fully saturated rings. The zero-order valence-electron chi connectivity index (χ0n) is 10.2. The first-order valence-electron chi connectivity index (χ1n) is 5.69. The Labute approximate surface area is 119 Å². The van der Waals surface area contributed by atoms with Crippen LogP contribution in [0.15, 0.2) is 36.4 Å². The Morgan fingerprint density at radius 1 is 1.10 bits per heavy atom. The summed E-state index contributed by atoms with van der Waals surface area (Å²) in [6.07, 6.45) is 0. The van der Waals surface area contributed by atoms with Crippen LogP contribution in [0, 0.1) is 11.6 Å². The molecule has 0 amide bonds. The molecule has 104 valence electrons. The summed E-state index contributed by atoms with van der Waals surface area (Å²) in [4.78, 5) is 0. The van der Waals surface area contributed by atoms with Crippen molar-refractivity contribution in [3.8, 4) is 5.75 Å². The zero-order chi connectivity index (χ0) is 14.7. The van der Waals surface area contributed by atoms with E-state index >= 15 is 0 Å². The molecule has 0 saturated carbocycles. The van der Waals surface area contributed by atoms with Crippen LogP contribution in [0.25, 0.3) is 0 Å². The monoisotopic (exact) mass is 298 g/mol. The largest absolute Gasteiger partial charge is 0.489 e. The van der Waals surface area contributed by atoms with Gasteiger partial charge in [-0.3, -0.25) is 0 Å². The van der Waals surface area contributed by atoms with Crippen LogP contribution in [0.5, 0.6) is 5.75 Å². The molecule has 0 radical (unpaired) electrons. The summed E-state index contributed by atoms with van der Waals surface area (Å²) in [7, 11) is -1.77. The van der Waals surface area contributed by atoms with Crippen LogP contribution >= 0.6 is 11.6 Å². The number of benzene rings is 2. The predicted octanol–water partition coefficient (Wildman–Crippen LogP) is 1.88. The van der Waals surface area contributed by atoms with Gasteiger partial charge in [-0.2, -0.15) is 0 Å². The second-order valence-electron chi connectivity index (χ2n) is 4.13. The topological polar surface area (TPSA) is 49.7 Å². The Bertz CT molecular complexity index is 623. The Morgan fingerprint density at radius 3 is 2.50 bits per heavy atom. The van der Waals surface area contributed by atoms with Gasteiger partial charge in [-0.1, -0.05) is 17.7 Å². The van der Waals surface area contributed by atoms with E-state index in [9.17, 15) is 8.78 Å². The highest BCUT2D eigenvalue weighted by molar-refractivity contribution is 6.58. The van der Waals surface area contributed by atoms with Crippen molar-refractivity contribution in [1.29, 1.82) is 0 Å². The van der Waals surface area contributed by atoms with Crippen LogP contribution < -0.4 is 10.2 Å². The van der Waals surface area contributed by atoms with Crippen molar-refractivity contribution < 1.29 is 23.6 Å². The molecule has 0 aliphatic heterocycles. The molecule has 0 heterocycles. The first-order chi connectivity index (χ1) is 9.45. The van der Waals surface area contributed by atoms with Gasteiger partial charge >= 0.3 is 7.12 Å². The Morgan fingerprint density at radius 2 is 1.85 bits per heavy atom. The van der Waals surface area contributed by atoms with Gasteiger partial charge in [0.05, 0.1) is 5.02 Å². The van der Waals surface area contributed by atoms with Crippen LogP contribution in [0.1, 0.15) is 5.56 Å². The van der Waals surface area contributed by atoms with Gasteiger partial charge in [0.2, 0.25) is 0 Å². The lowest BCUT2D eigenvalue weighted by Crippen LogP contribution is -2.30. The molecular formula is C13H10BClF2O3. The van der Waals surface area contributed by atoms with Crippen molar-refractivity contribution in [2.24, 2.45) is 0 Å². The highest BCUT2D eigenvalue weighted by Crippen LogP contribution is 2.21. The minimum atomic E-state index is -1.77. The lowest BCUT2D eigenvalue weighted by Gasteiger charge is -2.09. The molecule has 0 saturated heterocycles. The van der Waals surface area contributed by atoms with E-state index in [0.717, 1.165) is 12.1 Å². The maximum atomic E-state index is 13.3. The average molecular weight is 298 g/mol. The van der Waals surface area contributed by atoms with Gasteiger partial charge in [-0.05, 0) is 35.3 Å². The SMILES string of the molecule is OB(O)c1cc(F)cc(COc2ccc(Cl)c(F)c2)c1. The van der Waals surface area contributed by atoms with E-state index in [1.807, 2.05) is 0 Å². The van der Waals surface area contributed by atoms with Crippen LogP contribution in [0.3, 0.4) is 0 Å². The molecule has 0 bridgehead atoms. The summed E-state index contributed by atoms with van der Waals surface area (Å²) in [5.41, 5.74) is 0.411. The van der Waals surface area contributed by atoms with E-state index in [-0.39, 0.29) is 22.8 Å². The average Bonchev–Trinajstić information content (AvgIpc) is 2.39. The molecule has 2 rings (SSSR count). The summed E-state index contributed by atoms with van der Waals surface area (Å²) in [6, 6.07) is 7.53. The lowest BCUT2D eigenvalue weighted by molar-refractivity contribution is 0.304. The maximum absolute atomic E-state index is 13.3. The molecule has 20 heavy (non-hydrogen) atoms. The highest BCUT2D eigenvalue weighted by Gasteiger charge is 2.13. The van der Waals surface area contributed by atoms with Crippen molar-refractivity contribution in [3.05, 3.63) is 58.6 Å². The maximum Gasteiger partial charge on any atom is 0.488 e. The Kier molecular flexibility index (Phi) is 4.59. The van der Waals surface area contributed by atoms with Crippen molar-refractivity contribution in [1.82, 2.24) is 0 Å². The van der Waals surface area contributed by atoms with E-state index in [4.69, 9.17) is 26.4 Å². The second kappa shape index (κ2) is 6.22. The van der Waals surface area contributed by atoms with Gasteiger partial charge in [0, 0.05) is 6.07 Å². The van der Waals surface area contributed by atoms with Crippen molar-refractivity contribution in [2.75, 3.05) is 0 Å². The van der Waals surface area contributed by atoms with Gasteiger partial charge in [0.1, 0.15) is 24.0 Å². The first-order valence-corrected chi connectivity index (χ1v) is 6.07. The summed E-state index contributed by atoms with van der Waals surface area (Å²) >= 11 is 5.54. The number of hydrogen-bond acceptors (Lipinski definition) is 3. The molecule has 2 N–H and O–H groups in total. The standard InChI is InChI=1S/C13H10BClF2O3/c15-12-2-1-11(6-13(12)17)20-7-8-3-9(14(18)19)5-10(16)4-8/h1-6,18-19H,7H2. The second-order valence-corrected chi connectivity index (χ2v) is 4.54. The molecule has 0 aliphatic rings. The van der Waals surface area contributed by atoms with E-state index in [0.29, 0.717) is 5.56 Å². The van der Waals surface area contributed by atoms with Gasteiger partial charge in [0.15, 0.2) is 0 Å². The number of rotatable bonds is 4. The third-order valence-corrected chi connectivity index (χ3v) is 2.88. The van der Waals surface area contributed by atoms with E-state index in [1.54, 1.807) is 0 Å². The molecule has 0 unspecified atom stereocenters. The molecule has 0 spiro atoms. The number of halogens is 3. The zero-order valence-corrected chi connectivity index (χ0v) is 10.9. The van der Waals surface area contributed by atoms with Crippen LogP contribution in [-0.4, -0.2) is 17.2 Å². The van der Waals surface area contributed by atoms with E-state index in [2.05, 4.69) is 0 Å². The smallest absolute Gasteiger partial charge is 0.488 e. The van der Waals surface area contributed by atoms with Gasteiger partial charge in [-0.15, -0.1) is 0 Å².